The van der Waals surface area contributed by atoms with Crippen molar-refractivity contribution in [1.29, 1.82) is 0 Å². The second-order valence-electron chi connectivity index (χ2n) is 6.85. The van der Waals surface area contributed by atoms with Crippen molar-refractivity contribution in [2.45, 2.75) is 124 Å². The SMILES string of the molecule is CCCCCCCC.CCCCCCCCCCCCOS(=O)(=O)O. The molecule has 0 fully saturated rings. The highest BCUT2D eigenvalue weighted by Gasteiger charge is 2.02. The second kappa shape index (κ2) is 21.9. The maximum Gasteiger partial charge on any atom is 0.397 e. The Kier molecular flexibility index (Phi) is 23.7. The van der Waals surface area contributed by atoms with Crippen LogP contribution in [0.2, 0.25) is 0 Å². The fourth-order valence-corrected chi connectivity index (χ4v) is 2.94. The molecule has 0 aromatic carbocycles. The minimum Gasteiger partial charge on any atom is -0.264 e. The van der Waals surface area contributed by atoms with Gasteiger partial charge in [0.15, 0.2) is 0 Å². The zero-order valence-corrected chi connectivity index (χ0v) is 17.9. The zero-order valence-electron chi connectivity index (χ0n) is 17.1. The monoisotopic (exact) mass is 380 g/mol. The summed E-state index contributed by atoms with van der Waals surface area (Å²) in [5.74, 6) is 0. The molecule has 0 saturated carbocycles. The van der Waals surface area contributed by atoms with Crippen LogP contribution in [0.25, 0.3) is 0 Å². The highest BCUT2D eigenvalue weighted by Crippen LogP contribution is 2.10. The molecule has 0 aliphatic rings. The lowest BCUT2D eigenvalue weighted by atomic mass is 10.1. The molecule has 0 heterocycles. The predicted octanol–water partition coefficient (Wildman–Crippen LogP) is 7.09. The molecule has 0 spiro atoms. The van der Waals surface area contributed by atoms with Crippen molar-refractivity contribution in [2.24, 2.45) is 0 Å². The number of unbranched alkanes of at least 4 members (excludes halogenated alkanes) is 14. The van der Waals surface area contributed by atoms with E-state index in [0.717, 1.165) is 12.8 Å². The van der Waals surface area contributed by atoms with E-state index in [-0.39, 0.29) is 6.61 Å². The molecular formula is C20H44O4S. The maximum absolute atomic E-state index is 10.2. The number of rotatable bonds is 17. The van der Waals surface area contributed by atoms with Crippen LogP contribution in [0.5, 0.6) is 0 Å². The van der Waals surface area contributed by atoms with Gasteiger partial charge in [0.05, 0.1) is 6.61 Å². The summed E-state index contributed by atoms with van der Waals surface area (Å²) in [5, 5.41) is 0. The standard InChI is InChI=1S/C12H26O4S.C8H18/c1-2-3-4-5-6-7-8-9-10-11-12-16-17(13,14)15;1-3-5-7-8-6-4-2/h2-12H2,1H3,(H,13,14,15);3-8H2,1-2H3. The van der Waals surface area contributed by atoms with Crippen LogP contribution in [0.4, 0.5) is 0 Å². The van der Waals surface area contributed by atoms with Crippen LogP contribution in [0, 0.1) is 0 Å². The Morgan fingerprint density at radius 1 is 0.560 bits per heavy atom. The molecule has 5 heteroatoms. The van der Waals surface area contributed by atoms with Crippen LogP contribution in [-0.2, 0) is 14.6 Å². The summed E-state index contributed by atoms with van der Waals surface area (Å²) in [6.07, 6.45) is 20.3. The highest BCUT2D eigenvalue weighted by molar-refractivity contribution is 7.80. The third-order valence-corrected chi connectivity index (χ3v) is 4.65. The van der Waals surface area contributed by atoms with Gasteiger partial charge in [-0.2, -0.15) is 8.42 Å². The molecule has 0 rings (SSSR count). The lowest BCUT2D eigenvalue weighted by molar-refractivity contribution is 0.261. The highest BCUT2D eigenvalue weighted by atomic mass is 32.3. The van der Waals surface area contributed by atoms with Crippen LogP contribution in [0.3, 0.4) is 0 Å². The molecule has 0 bridgehead atoms. The maximum atomic E-state index is 10.2. The van der Waals surface area contributed by atoms with Crippen LogP contribution in [0.1, 0.15) is 124 Å². The molecule has 4 nitrogen and oxygen atoms in total. The lowest BCUT2D eigenvalue weighted by Gasteiger charge is -2.02. The van der Waals surface area contributed by atoms with E-state index >= 15 is 0 Å². The molecule has 0 saturated heterocycles. The topological polar surface area (TPSA) is 63.6 Å². The van der Waals surface area contributed by atoms with Crippen molar-refractivity contribution in [1.82, 2.24) is 0 Å². The molecule has 0 aliphatic carbocycles. The minimum absolute atomic E-state index is 0.0926. The van der Waals surface area contributed by atoms with Crippen molar-refractivity contribution in [2.75, 3.05) is 6.61 Å². The Morgan fingerprint density at radius 2 is 0.840 bits per heavy atom. The summed E-state index contributed by atoms with van der Waals surface area (Å²) in [6, 6.07) is 0. The van der Waals surface area contributed by atoms with Crippen molar-refractivity contribution in [3.05, 3.63) is 0 Å². The van der Waals surface area contributed by atoms with E-state index in [4.69, 9.17) is 4.55 Å². The summed E-state index contributed by atoms with van der Waals surface area (Å²) in [6.45, 7) is 6.82. The molecule has 0 atom stereocenters. The first-order valence-electron chi connectivity index (χ1n) is 10.6. The van der Waals surface area contributed by atoms with Gasteiger partial charge in [0, 0.05) is 0 Å². The Hall–Kier alpha value is -0.130. The van der Waals surface area contributed by atoms with Gasteiger partial charge in [-0.3, -0.25) is 4.55 Å². The van der Waals surface area contributed by atoms with Gasteiger partial charge in [0.25, 0.3) is 0 Å². The quantitative estimate of drug-likeness (QED) is 0.216. The largest absolute Gasteiger partial charge is 0.397 e. The van der Waals surface area contributed by atoms with Crippen molar-refractivity contribution >= 4 is 10.4 Å². The Bertz CT molecular complexity index is 323. The Balaban J connectivity index is 0. The molecule has 0 aromatic heterocycles. The van der Waals surface area contributed by atoms with E-state index in [9.17, 15) is 8.42 Å². The minimum atomic E-state index is -4.23. The van der Waals surface area contributed by atoms with Crippen molar-refractivity contribution < 1.29 is 17.2 Å². The predicted molar refractivity (Wildman–Crippen MR) is 108 cm³/mol. The average Bonchev–Trinajstić information content (AvgIpc) is 2.56. The van der Waals surface area contributed by atoms with Gasteiger partial charge in [-0.15, -0.1) is 0 Å². The van der Waals surface area contributed by atoms with Gasteiger partial charge >= 0.3 is 10.4 Å². The van der Waals surface area contributed by atoms with Gasteiger partial charge in [0.1, 0.15) is 0 Å². The van der Waals surface area contributed by atoms with Gasteiger partial charge < -0.3 is 0 Å². The smallest absolute Gasteiger partial charge is 0.264 e. The normalized spacial score (nSPS) is 11.2. The molecule has 0 aromatic rings. The number of hydrogen-bond donors (Lipinski definition) is 1. The van der Waals surface area contributed by atoms with Crippen LogP contribution < -0.4 is 0 Å². The van der Waals surface area contributed by atoms with E-state index in [1.54, 1.807) is 0 Å². The number of hydrogen-bond acceptors (Lipinski definition) is 3. The second-order valence-corrected chi connectivity index (χ2v) is 7.94. The fraction of sp³-hybridized carbons (Fsp3) is 1.00. The Morgan fingerprint density at radius 3 is 1.12 bits per heavy atom. The van der Waals surface area contributed by atoms with Gasteiger partial charge in [-0.1, -0.05) is 117 Å². The average molecular weight is 381 g/mol. The summed E-state index contributed by atoms with van der Waals surface area (Å²) in [5.41, 5.74) is 0. The van der Waals surface area contributed by atoms with E-state index < -0.39 is 10.4 Å². The van der Waals surface area contributed by atoms with Gasteiger partial charge in [0.2, 0.25) is 0 Å². The molecular weight excluding hydrogens is 336 g/mol. The third-order valence-electron chi connectivity index (χ3n) is 4.19. The summed E-state index contributed by atoms with van der Waals surface area (Å²) >= 11 is 0. The van der Waals surface area contributed by atoms with Crippen molar-refractivity contribution in [3.8, 4) is 0 Å². The molecule has 0 radical (unpaired) electrons. The Labute approximate surface area is 158 Å². The first-order valence-corrected chi connectivity index (χ1v) is 12.0. The van der Waals surface area contributed by atoms with Crippen molar-refractivity contribution in [3.63, 3.8) is 0 Å². The van der Waals surface area contributed by atoms with E-state index in [1.807, 2.05) is 0 Å². The summed E-state index contributed by atoms with van der Waals surface area (Å²) in [7, 11) is -4.23. The van der Waals surface area contributed by atoms with Crippen LogP contribution >= 0.6 is 0 Å². The molecule has 25 heavy (non-hydrogen) atoms. The molecule has 1 N–H and O–H groups in total. The molecule has 0 aliphatic heterocycles. The molecule has 0 unspecified atom stereocenters. The van der Waals surface area contributed by atoms with E-state index in [1.165, 1.54) is 83.5 Å². The first-order chi connectivity index (χ1) is 12.0. The molecule has 0 amide bonds. The zero-order chi connectivity index (χ0) is 19.2. The lowest BCUT2D eigenvalue weighted by Crippen LogP contribution is -2.04. The summed E-state index contributed by atoms with van der Waals surface area (Å²) in [4.78, 5) is 0. The van der Waals surface area contributed by atoms with Gasteiger partial charge in [-0.25, -0.2) is 4.18 Å². The first kappa shape index (κ1) is 27.1. The van der Waals surface area contributed by atoms with Crippen LogP contribution in [0.15, 0.2) is 0 Å². The fourth-order valence-electron chi connectivity index (χ4n) is 2.61. The third kappa shape index (κ3) is 32.1. The van der Waals surface area contributed by atoms with E-state index in [0.29, 0.717) is 6.42 Å². The van der Waals surface area contributed by atoms with Gasteiger partial charge in [-0.05, 0) is 6.42 Å². The van der Waals surface area contributed by atoms with Crippen LogP contribution in [-0.4, -0.2) is 19.6 Å². The summed E-state index contributed by atoms with van der Waals surface area (Å²) < 4.78 is 33.0. The molecule has 154 valence electrons. The van der Waals surface area contributed by atoms with E-state index in [2.05, 4.69) is 25.0 Å².